The van der Waals surface area contributed by atoms with Gasteiger partial charge in [-0.2, -0.15) is 0 Å². The molecular weight excluding hydrogens is 370 g/mol. The number of para-hydroxylation sites is 1. The Hall–Kier alpha value is -3.19. The number of aromatic carboxylic acids is 1. The van der Waals surface area contributed by atoms with E-state index in [1.807, 2.05) is 19.3 Å². The van der Waals surface area contributed by atoms with E-state index in [-0.39, 0.29) is 23.2 Å². The molecule has 0 radical (unpaired) electrons. The highest BCUT2D eigenvalue weighted by Crippen LogP contribution is 2.21. The molecule has 2 aromatic carbocycles. The molecule has 7 heteroatoms. The lowest BCUT2D eigenvalue weighted by molar-refractivity contribution is -0.108. The highest BCUT2D eigenvalue weighted by atomic mass is 16.4. The summed E-state index contributed by atoms with van der Waals surface area (Å²) in [7, 11) is 1.98. The fraction of sp³-hybridized carbons (Fsp3) is 0.318. The van der Waals surface area contributed by atoms with Crippen LogP contribution in [0.3, 0.4) is 0 Å². The maximum absolute atomic E-state index is 11.6. The van der Waals surface area contributed by atoms with Gasteiger partial charge in [-0.15, -0.1) is 0 Å². The number of benzene rings is 2. The van der Waals surface area contributed by atoms with Crippen molar-refractivity contribution in [2.24, 2.45) is 0 Å². The third-order valence-corrected chi connectivity index (χ3v) is 4.28. The molecule has 2 rings (SSSR count). The predicted molar refractivity (Wildman–Crippen MR) is 114 cm³/mol. The maximum atomic E-state index is 11.6. The summed E-state index contributed by atoms with van der Waals surface area (Å²) in [5, 5.41) is 17.1. The summed E-state index contributed by atoms with van der Waals surface area (Å²) in [4.78, 5) is 33.0. The second-order valence-corrected chi connectivity index (χ2v) is 6.45. The van der Waals surface area contributed by atoms with Gasteiger partial charge in [-0.25, -0.2) is 4.79 Å². The summed E-state index contributed by atoms with van der Waals surface area (Å²) in [5.74, 6) is -1.76. The van der Waals surface area contributed by atoms with Crippen molar-refractivity contribution in [3.63, 3.8) is 0 Å². The first kappa shape index (κ1) is 23.8. The number of hydrogen-bond acceptors (Lipinski definition) is 5. The first-order valence-electron chi connectivity index (χ1n) is 9.41. The lowest BCUT2D eigenvalue weighted by Gasteiger charge is -2.12. The molecule has 0 aliphatic rings. The summed E-state index contributed by atoms with van der Waals surface area (Å²) in [6, 6.07) is 10.7. The normalized spacial score (nSPS) is 9.79. The van der Waals surface area contributed by atoms with E-state index in [9.17, 15) is 14.4 Å². The Labute approximate surface area is 171 Å². The summed E-state index contributed by atoms with van der Waals surface area (Å²) in [6.45, 7) is 7.73. The Morgan fingerprint density at radius 1 is 1.03 bits per heavy atom. The van der Waals surface area contributed by atoms with Gasteiger partial charge in [0.25, 0.3) is 5.91 Å². The number of nitrogens with one attached hydrogen (secondary N) is 3. The van der Waals surface area contributed by atoms with E-state index in [4.69, 9.17) is 5.11 Å². The molecular formula is C22H29N3O4. The molecule has 0 saturated heterocycles. The van der Waals surface area contributed by atoms with E-state index < -0.39 is 11.9 Å². The van der Waals surface area contributed by atoms with Crippen molar-refractivity contribution < 1.29 is 19.5 Å². The number of anilines is 1. The molecule has 0 bridgehead atoms. The van der Waals surface area contributed by atoms with Crippen molar-refractivity contribution >= 4 is 24.0 Å². The van der Waals surface area contributed by atoms with E-state index in [0.29, 0.717) is 6.54 Å². The Morgan fingerprint density at radius 3 is 2.14 bits per heavy atom. The standard InChI is InChI=1S/C12H14N2O4.C10H15N/c1-2-6-13-10-8(11(16)14-7-15)4-3-5-9(10)12(17)18;1-8-5-4-6-9(2)10(8)7-11-3/h3-5,7,13H,2,6H2,1H3,(H,17,18)(H,14,15,16);4-6,11H,7H2,1-3H3. The largest absolute Gasteiger partial charge is 0.478 e. The van der Waals surface area contributed by atoms with Crippen molar-refractivity contribution in [2.75, 3.05) is 18.9 Å². The Kier molecular flexibility index (Phi) is 10.1. The van der Waals surface area contributed by atoms with Crippen LogP contribution in [0.1, 0.15) is 50.8 Å². The average Bonchev–Trinajstić information content (AvgIpc) is 2.69. The molecule has 0 atom stereocenters. The Bertz CT molecular complexity index is 830. The third-order valence-electron chi connectivity index (χ3n) is 4.28. The Morgan fingerprint density at radius 2 is 1.62 bits per heavy atom. The highest BCUT2D eigenvalue weighted by Gasteiger charge is 2.17. The third kappa shape index (κ3) is 7.04. The number of carboxylic acids is 1. The van der Waals surface area contributed by atoms with Crippen LogP contribution in [0, 0.1) is 13.8 Å². The van der Waals surface area contributed by atoms with Gasteiger partial charge in [0.2, 0.25) is 6.41 Å². The van der Waals surface area contributed by atoms with Crippen LogP contribution in [0.2, 0.25) is 0 Å². The van der Waals surface area contributed by atoms with Crippen LogP contribution in [0.25, 0.3) is 0 Å². The van der Waals surface area contributed by atoms with Crippen LogP contribution in [0.15, 0.2) is 36.4 Å². The Balaban J connectivity index is 0.000000326. The molecule has 7 nitrogen and oxygen atoms in total. The number of carbonyl (C=O) groups excluding carboxylic acids is 2. The second kappa shape index (κ2) is 12.3. The zero-order valence-electron chi connectivity index (χ0n) is 17.3. The van der Waals surface area contributed by atoms with Gasteiger partial charge in [0.05, 0.1) is 16.8 Å². The van der Waals surface area contributed by atoms with Crippen LogP contribution < -0.4 is 16.0 Å². The molecule has 29 heavy (non-hydrogen) atoms. The first-order valence-corrected chi connectivity index (χ1v) is 9.41. The molecule has 0 unspecified atom stereocenters. The summed E-state index contributed by atoms with van der Waals surface area (Å²) in [6.07, 6.45) is 1.04. The molecule has 2 amide bonds. The number of rotatable bonds is 8. The fourth-order valence-electron chi connectivity index (χ4n) is 2.80. The molecule has 0 aliphatic carbocycles. The van der Waals surface area contributed by atoms with Gasteiger partial charge in [-0.05, 0) is 56.1 Å². The predicted octanol–water partition coefficient (Wildman–Crippen LogP) is 3.12. The number of hydrogen-bond donors (Lipinski definition) is 4. The zero-order chi connectivity index (χ0) is 21.8. The van der Waals surface area contributed by atoms with Gasteiger partial charge in [-0.1, -0.05) is 31.2 Å². The van der Waals surface area contributed by atoms with Gasteiger partial charge in [-0.3, -0.25) is 14.9 Å². The highest BCUT2D eigenvalue weighted by molar-refractivity contribution is 6.08. The lowest BCUT2D eigenvalue weighted by atomic mass is 10.0. The summed E-state index contributed by atoms with van der Waals surface area (Å²) >= 11 is 0. The van der Waals surface area contributed by atoms with Crippen LogP contribution in [0.5, 0.6) is 0 Å². The fourth-order valence-corrected chi connectivity index (χ4v) is 2.80. The molecule has 0 saturated carbocycles. The van der Waals surface area contributed by atoms with Gasteiger partial charge in [0.1, 0.15) is 0 Å². The van der Waals surface area contributed by atoms with Crippen molar-refractivity contribution in [1.29, 1.82) is 0 Å². The summed E-state index contributed by atoms with van der Waals surface area (Å²) in [5.41, 5.74) is 4.54. The molecule has 0 aromatic heterocycles. The number of imide groups is 1. The topological polar surface area (TPSA) is 108 Å². The minimum atomic E-state index is -1.13. The number of amides is 2. The number of carbonyl (C=O) groups is 3. The minimum absolute atomic E-state index is 0.00185. The molecule has 2 aromatic rings. The van der Waals surface area contributed by atoms with Crippen LogP contribution in [-0.4, -0.2) is 37.0 Å². The quantitative estimate of drug-likeness (QED) is 0.508. The minimum Gasteiger partial charge on any atom is -0.478 e. The van der Waals surface area contributed by atoms with Crippen LogP contribution in [-0.2, 0) is 11.3 Å². The van der Waals surface area contributed by atoms with Crippen molar-refractivity contribution in [3.8, 4) is 0 Å². The number of carboxylic acid groups (broad SMARTS) is 1. The van der Waals surface area contributed by atoms with E-state index in [1.54, 1.807) is 0 Å². The van der Waals surface area contributed by atoms with E-state index in [0.717, 1.165) is 13.0 Å². The molecule has 0 spiro atoms. The monoisotopic (exact) mass is 399 g/mol. The molecule has 0 aliphatic heterocycles. The van der Waals surface area contributed by atoms with Gasteiger partial charge >= 0.3 is 5.97 Å². The molecule has 156 valence electrons. The van der Waals surface area contributed by atoms with Gasteiger partial charge < -0.3 is 15.7 Å². The molecule has 0 fully saturated rings. The van der Waals surface area contributed by atoms with Crippen molar-refractivity contribution in [1.82, 2.24) is 10.6 Å². The van der Waals surface area contributed by atoms with Crippen molar-refractivity contribution in [3.05, 3.63) is 64.2 Å². The second-order valence-electron chi connectivity index (χ2n) is 6.45. The average molecular weight is 399 g/mol. The van der Waals surface area contributed by atoms with E-state index in [2.05, 4.69) is 42.7 Å². The van der Waals surface area contributed by atoms with Crippen molar-refractivity contribution in [2.45, 2.75) is 33.7 Å². The van der Waals surface area contributed by atoms with Crippen LogP contribution in [0.4, 0.5) is 5.69 Å². The maximum Gasteiger partial charge on any atom is 0.337 e. The zero-order valence-corrected chi connectivity index (χ0v) is 17.3. The lowest BCUT2D eigenvalue weighted by Crippen LogP contribution is -2.23. The molecule has 4 N–H and O–H groups in total. The van der Waals surface area contributed by atoms with E-state index >= 15 is 0 Å². The van der Waals surface area contributed by atoms with Gasteiger partial charge in [0, 0.05) is 13.1 Å². The van der Waals surface area contributed by atoms with Crippen LogP contribution >= 0.6 is 0 Å². The summed E-state index contributed by atoms with van der Waals surface area (Å²) < 4.78 is 0. The first-order chi connectivity index (χ1) is 13.9. The van der Waals surface area contributed by atoms with E-state index in [1.165, 1.54) is 34.9 Å². The number of aryl methyl sites for hydroxylation is 2. The van der Waals surface area contributed by atoms with Gasteiger partial charge in [0.15, 0.2) is 0 Å². The smallest absolute Gasteiger partial charge is 0.337 e. The SMILES string of the molecule is CCCNc1c(C(=O)O)cccc1C(=O)NC=O.CNCc1c(C)cccc1C. The molecule has 0 heterocycles.